The lowest BCUT2D eigenvalue weighted by Gasteiger charge is -2.36. The van der Waals surface area contributed by atoms with E-state index in [0.29, 0.717) is 10.7 Å². The van der Waals surface area contributed by atoms with Gasteiger partial charge in [-0.25, -0.2) is 4.39 Å². The number of carbonyl (C=O) groups excluding carboxylic acids is 1. The van der Waals surface area contributed by atoms with Gasteiger partial charge in [-0.2, -0.15) is 0 Å². The summed E-state index contributed by atoms with van der Waals surface area (Å²) in [5.74, 6) is -0.327. The minimum Gasteiger partial charge on any atom is -0.325 e. The van der Waals surface area contributed by atoms with Crippen LogP contribution in [0.25, 0.3) is 0 Å². The summed E-state index contributed by atoms with van der Waals surface area (Å²) in [5.41, 5.74) is 1.78. The number of hydrogen-bond acceptors (Lipinski definition) is 1. The lowest BCUT2D eigenvalue weighted by molar-refractivity contribution is -0.122. The van der Waals surface area contributed by atoms with Gasteiger partial charge >= 0.3 is 0 Å². The van der Waals surface area contributed by atoms with Crippen LogP contribution in [-0.4, -0.2) is 5.91 Å². The minimum atomic E-state index is -0.565. The van der Waals surface area contributed by atoms with Crippen molar-refractivity contribution >= 4 is 23.2 Å². The second-order valence-corrected chi connectivity index (χ2v) is 7.00. The first-order chi connectivity index (χ1) is 11.5. The summed E-state index contributed by atoms with van der Waals surface area (Å²) in [6, 6.07) is 12.0. The second-order valence-electron chi connectivity index (χ2n) is 6.57. The minimum absolute atomic E-state index is 0.0285. The van der Waals surface area contributed by atoms with Gasteiger partial charge in [0.2, 0.25) is 5.91 Å². The first-order valence-corrected chi connectivity index (χ1v) is 8.73. The van der Waals surface area contributed by atoms with E-state index in [2.05, 4.69) is 5.32 Å². The summed E-state index contributed by atoms with van der Waals surface area (Å²) >= 11 is 6.16. The van der Waals surface area contributed by atoms with E-state index < -0.39 is 5.41 Å². The molecule has 1 aliphatic rings. The van der Waals surface area contributed by atoms with Gasteiger partial charge in [-0.1, -0.05) is 43.0 Å². The Bertz CT molecular complexity index is 753. The highest BCUT2D eigenvalue weighted by atomic mass is 35.5. The number of amides is 1. The molecule has 126 valence electrons. The monoisotopic (exact) mass is 345 g/mol. The summed E-state index contributed by atoms with van der Waals surface area (Å²) in [7, 11) is 0. The maximum absolute atomic E-state index is 13.3. The molecule has 0 heterocycles. The molecule has 0 bridgehead atoms. The summed E-state index contributed by atoms with van der Waals surface area (Å²) < 4.78 is 13.3. The van der Waals surface area contributed by atoms with Crippen molar-refractivity contribution < 1.29 is 9.18 Å². The maximum Gasteiger partial charge on any atom is 0.235 e. The largest absolute Gasteiger partial charge is 0.325 e. The molecule has 3 rings (SSSR count). The smallest absolute Gasteiger partial charge is 0.235 e. The number of nitrogens with one attached hydrogen (secondary N) is 1. The van der Waals surface area contributed by atoms with E-state index in [4.69, 9.17) is 11.6 Å². The normalized spacial score (nSPS) is 16.6. The standard InChI is InChI=1S/C20H21ClFNO/c1-14-12-17(22)8-9-18(14)23-19(24)20(10-3-2-4-11-20)15-6-5-7-16(21)13-15/h5-9,12-13H,2-4,10-11H2,1H3,(H,23,24). The number of anilines is 1. The zero-order valence-electron chi connectivity index (χ0n) is 13.7. The highest BCUT2D eigenvalue weighted by Crippen LogP contribution is 2.41. The van der Waals surface area contributed by atoms with Crippen LogP contribution in [-0.2, 0) is 10.2 Å². The van der Waals surface area contributed by atoms with Crippen molar-refractivity contribution in [1.82, 2.24) is 0 Å². The molecule has 24 heavy (non-hydrogen) atoms. The van der Waals surface area contributed by atoms with Gasteiger partial charge in [0.05, 0.1) is 5.41 Å². The molecule has 2 aromatic carbocycles. The van der Waals surface area contributed by atoms with Crippen LogP contribution >= 0.6 is 11.6 Å². The predicted octanol–water partition coefficient (Wildman–Crippen LogP) is 5.63. The molecular formula is C20H21ClFNO. The van der Waals surface area contributed by atoms with Crippen LogP contribution in [0.15, 0.2) is 42.5 Å². The average molecular weight is 346 g/mol. The lowest BCUT2D eigenvalue weighted by atomic mass is 9.68. The third kappa shape index (κ3) is 3.32. The molecule has 4 heteroatoms. The lowest BCUT2D eigenvalue weighted by Crippen LogP contribution is -2.42. The van der Waals surface area contributed by atoms with Crippen LogP contribution in [0, 0.1) is 12.7 Å². The number of aryl methyl sites for hydroxylation is 1. The van der Waals surface area contributed by atoms with Crippen molar-refractivity contribution in [2.24, 2.45) is 0 Å². The van der Waals surface area contributed by atoms with Crippen LogP contribution < -0.4 is 5.32 Å². The molecule has 0 atom stereocenters. The first-order valence-electron chi connectivity index (χ1n) is 8.35. The third-order valence-corrected chi connectivity index (χ3v) is 5.19. The van der Waals surface area contributed by atoms with E-state index in [1.165, 1.54) is 12.1 Å². The number of halogens is 2. The number of benzene rings is 2. The van der Waals surface area contributed by atoms with Crippen molar-refractivity contribution in [3.63, 3.8) is 0 Å². The summed E-state index contributed by atoms with van der Waals surface area (Å²) in [4.78, 5) is 13.2. The Morgan fingerprint density at radius 2 is 1.88 bits per heavy atom. The Labute approximate surface area is 147 Å². The van der Waals surface area contributed by atoms with Crippen LogP contribution in [0.1, 0.15) is 43.2 Å². The van der Waals surface area contributed by atoms with Gasteiger partial charge in [0.15, 0.2) is 0 Å². The predicted molar refractivity (Wildman–Crippen MR) is 96.0 cm³/mol. The van der Waals surface area contributed by atoms with Gasteiger partial charge in [-0.3, -0.25) is 4.79 Å². The van der Waals surface area contributed by atoms with Crippen LogP contribution in [0.2, 0.25) is 5.02 Å². The Balaban J connectivity index is 1.95. The van der Waals surface area contributed by atoms with Gasteiger partial charge in [0, 0.05) is 10.7 Å². The van der Waals surface area contributed by atoms with E-state index in [0.717, 1.165) is 43.2 Å². The Morgan fingerprint density at radius 1 is 1.12 bits per heavy atom. The molecule has 1 saturated carbocycles. The Morgan fingerprint density at radius 3 is 2.54 bits per heavy atom. The zero-order valence-corrected chi connectivity index (χ0v) is 14.5. The van der Waals surface area contributed by atoms with E-state index in [9.17, 15) is 9.18 Å². The van der Waals surface area contributed by atoms with Gasteiger partial charge in [-0.15, -0.1) is 0 Å². The zero-order chi connectivity index (χ0) is 17.2. The molecular weight excluding hydrogens is 325 g/mol. The topological polar surface area (TPSA) is 29.1 Å². The quantitative estimate of drug-likeness (QED) is 0.767. The molecule has 0 aromatic heterocycles. The number of carbonyl (C=O) groups is 1. The van der Waals surface area contributed by atoms with Crippen molar-refractivity contribution in [2.75, 3.05) is 5.32 Å². The fourth-order valence-electron chi connectivity index (χ4n) is 3.60. The molecule has 0 aliphatic heterocycles. The Kier molecular flexibility index (Phi) is 4.91. The molecule has 1 N–H and O–H groups in total. The molecule has 1 aliphatic carbocycles. The summed E-state index contributed by atoms with van der Waals surface area (Å²) in [6.45, 7) is 1.80. The average Bonchev–Trinajstić information content (AvgIpc) is 2.58. The second kappa shape index (κ2) is 6.94. The van der Waals surface area contributed by atoms with Gasteiger partial charge in [0.1, 0.15) is 5.82 Å². The van der Waals surface area contributed by atoms with Crippen molar-refractivity contribution in [3.8, 4) is 0 Å². The molecule has 1 fully saturated rings. The highest BCUT2D eigenvalue weighted by molar-refractivity contribution is 6.30. The van der Waals surface area contributed by atoms with Crippen LogP contribution in [0.4, 0.5) is 10.1 Å². The number of rotatable bonds is 3. The summed E-state index contributed by atoms with van der Waals surface area (Å²) in [5, 5.41) is 3.66. The van der Waals surface area contributed by atoms with E-state index in [-0.39, 0.29) is 11.7 Å². The van der Waals surface area contributed by atoms with Crippen LogP contribution in [0.5, 0.6) is 0 Å². The highest BCUT2D eigenvalue weighted by Gasteiger charge is 2.41. The molecule has 0 unspecified atom stereocenters. The number of hydrogen-bond donors (Lipinski definition) is 1. The molecule has 1 amide bonds. The molecule has 2 aromatic rings. The maximum atomic E-state index is 13.3. The van der Waals surface area contributed by atoms with E-state index >= 15 is 0 Å². The van der Waals surface area contributed by atoms with Gasteiger partial charge in [-0.05, 0) is 61.2 Å². The molecule has 0 radical (unpaired) electrons. The first kappa shape index (κ1) is 17.0. The van der Waals surface area contributed by atoms with Gasteiger partial charge < -0.3 is 5.32 Å². The Hall–Kier alpha value is -1.87. The van der Waals surface area contributed by atoms with Crippen molar-refractivity contribution in [2.45, 2.75) is 44.4 Å². The summed E-state index contributed by atoms with van der Waals surface area (Å²) in [6.07, 6.45) is 4.79. The molecule has 0 saturated heterocycles. The van der Waals surface area contributed by atoms with Crippen molar-refractivity contribution in [3.05, 3.63) is 64.4 Å². The van der Waals surface area contributed by atoms with E-state index in [1.807, 2.05) is 24.3 Å². The fourth-order valence-corrected chi connectivity index (χ4v) is 3.79. The van der Waals surface area contributed by atoms with Gasteiger partial charge in [0.25, 0.3) is 0 Å². The fraction of sp³-hybridized carbons (Fsp3) is 0.350. The third-order valence-electron chi connectivity index (χ3n) is 4.96. The molecule has 0 spiro atoms. The van der Waals surface area contributed by atoms with Crippen LogP contribution in [0.3, 0.4) is 0 Å². The van der Waals surface area contributed by atoms with Crippen molar-refractivity contribution in [1.29, 1.82) is 0 Å². The van der Waals surface area contributed by atoms with E-state index in [1.54, 1.807) is 13.0 Å². The SMILES string of the molecule is Cc1cc(F)ccc1NC(=O)C1(c2cccc(Cl)c2)CCCCC1. The molecule has 2 nitrogen and oxygen atoms in total.